The Morgan fingerprint density at radius 3 is 2.62 bits per heavy atom. The summed E-state index contributed by atoms with van der Waals surface area (Å²) in [6, 6.07) is 3.88. The minimum absolute atomic E-state index is 0.564. The average Bonchev–Trinajstić information content (AvgIpc) is 2.32. The maximum Gasteiger partial charge on any atom is 0.129 e. The van der Waals surface area contributed by atoms with Crippen LogP contribution in [0.4, 0.5) is 0 Å². The zero-order valence-corrected chi connectivity index (χ0v) is 10.9. The molecular weight excluding hydrogens is 220 g/mol. The minimum Gasteiger partial charge on any atom is -0.316 e. The molecule has 0 aliphatic carbocycles. The monoisotopic (exact) mass is 240 g/mol. The smallest absolute Gasteiger partial charge is 0.129 e. The lowest BCUT2D eigenvalue weighted by molar-refractivity contribution is 0.452. The molecule has 90 valence electrons. The van der Waals surface area contributed by atoms with Gasteiger partial charge < -0.3 is 5.32 Å². The lowest BCUT2D eigenvalue weighted by Gasteiger charge is -2.12. The number of rotatable bonds is 7. The van der Waals surface area contributed by atoms with Gasteiger partial charge in [0, 0.05) is 6.20 Å². The van der Waals surface area contributed by atoms with Gasteiger partial charge in [-0.2, -0.15) is 0 Å². The predicted octanol–water partition coefficient (Wildman–Crippen LogP) is 3.30. The number of hydrogen-bond acceptors (Lipinski definition) is 2. The highest BCUT2D eigenvalue weighted by molar-refractivity contribution is 6.29. The van der Waals surface area contributed by atoms with E-state index in [-0.39, 0.29) is 0 Å². The molecule has 0 bridgehead atoms. The molecule has 0 unspecified atom stereocenters. The highest BCUT2D eigenvalue weighted by Gasteiger charge is 2.01. The van der Waals surface area contributed by atoms with Crippen molar-refractivity contribution in [3.63, 3.8) is 0 Å². The third kappa shape index (κ3) is 4.95. The van der Waals surface area contributed by atoms with Crippen LogP contribution in [0.1, 0.15) is 32.3 Å². The zero-order valence-electron chi connectivity index (χ0n) is 10.2. The molecule has 0 aromatic carbocycles. The van der Waals surface area contributed by atoms with Gasteiger partial charge in [-0.1, -0.05) is 44.4 Å². The van der Waals surface area contributed by atoms with Gasteiger partial charge in [-0.15, -0.1) is 0 Å². The molecule has 3 heteroatoms. The highest BCUT2D eigenvalue weighted by Crippen LogP contribution is 2.06. The van der Waals surface area contributed by atoms with Crippen LogP contribution in [0.5, 0.6) is 0 Å². The average molecular weight is 241 g/mol. The van der Waals surface area contributed by atoms with E-state index in [2.05, 4.69) is 24.1 Å². The maximum absolute atomic E-state index is 5.73. The summed E-state index contributed by atoms with van der Waals surface area (Å²) in [4.78, 5) is 4.06. The van der Waals surface area contributed by atoms with Crippen LogP contribution < -0.4 is 5.32 Å². The van der Waals surface area contributed by atoms with Crippen molar-refractivity contribution in [2.45, 2.75) is 33.1 Å². The molecule has 0 amide bonds. The summed E-state index contributed by atoms with van der Waals surface area (Å²) in [6.45, 7) is 6.63. The summed E-state index contributed by atoms with van der Waals surface area (Å²) in [5.41, 5.74) is 1.24. The predicted molar refractivity (Wildman–Crippen MR) is 69.9 cm³/mol. The summed E-state index contributed by atoms with van der Waals surface area (Å²) in [5.74, 6) is 0.809. The molecular formula is C13H21ClN2. The summed E-state index contributed by atoms with van der Waals surface area (Å²) < 4.78 is 0. The van der Waals surface area contributed by atoms with E-state index in [0.29, 0.717) is 5.15 Å². The Kier molecular flexibility index (Phi) is 6.43. The first-order valence-electron chi connectivity index (χ1n) is 6.07. The van der Waals surface area contributed by atoms with E-state index in [0.717, 1.165) is 25.4 Å². The largest absolute Gasteiger partial charge is 0.316 e. The Morgan fingerprint density at radius 2 is 2.06 bits per heavy atom. The summed E-state index contributed by atoms with van der Waals surface area (Å²) in [7, 11) is 0. The van der Waals surface area contributed by atoms with Gasteiger partial charge in [0.05, 0.1) is 0 Å². The van der Waals surface area contributed by atoms with E-state index in [1.54, 1.807) is 0 Å². The van der Waals surface area contributed by atoms with E-state index < -0.39 is 0 Å². The highest BCUT2D eigenvalue weighted by atomic mass is 35.5. The van der Waals surface area contributed by atoms with Crippen molar-refractivity contribution >= 4 is 11.6 Å². The van der Waals surface area contributed by atoms with Crippen molar-refractivity contribution in [2.75, 3.05) is 13.1 Å². The Balaban J connectivity index is 2.18. The van der Waals surface area contributed by atoms with Gasteiger partial charge in [-0.25, -0.2) is 4.98 Å². The van der Waals surface area contributed by atoms with Crippen LogP contribution in [0.2, 0.25) is 5.15 Å². The molecule has 0 fully saturated rings. The third-order valence-electron chi connectivity index (χ3n) is 2.97. The first kappa shape index (κ1) is 13.5. The van der Waals surface area contributed by atoms with Crippen LogP contribution in [-0.2, 0) is 6.42 Å². The van der Waals surface area contributed by atoms with Crippen molar-refractivity contribution in [3.05, 3.63) is 29.0 Å². The Hall–Kier alpha value is -0.600. The fourth-order valence-electron chi connectivity index (χ4n) is 1.67. The lowest BCUT2D eigenvalue weighted by Crippen LogP contribution is -2.24. The molecule has 0 aliphatic rings. The van der Waals surface area contributed by atoms with Gasteiger partial charge >= 0.3 is 0 Å². The third-order valence-corrected chi connectivity index (χ3v) is 3.19. The number of nitrogens with zero attached hydrogens (tertiary/aromatic N) is 1. The van der Waals surface area contributed by atoms with E-state index in [9.17, 15) is 0 Å². The normalized spacial score (nSPS) is 11.0. The number of hydrogen-bond donors (Lipinski definition) is 1. The molecule has 16 heavy (non-hydrogen) atoms. The van der Waals surface area contributed by atoms with E-state index in [1.807, 2.05) is 18.3 Å². The van der Waals surface area contributed by atoms with Crippen LogP contribution >= 0.6 is 11.6 Å². The van der Waals surface area contributed by atoms with Gasteiger partial charge in [0.25, 0.3) is 0 Å². The van der Waals surface area contributed by atoms with E-state index in [4.69, 9.17) is 11.6 Å². The summed E-state index contributed by atoms with van der Waals surface area (Å²) >= 11 is 5.73. The van der Waals surface area contributed by atoms with Crippen LogP contribution in [0.3, 0.4) is 0 Å². The molecule has 0 saturated carbocycles. The van der Waals surface area contributed by atoms with Gasteiger partial charge in [0.2, 0.25) is 0 Å². The maximum atomic E-state index is 5.73. The zero-order chi connectivity index (χ0) is 11.8. The van der Waals surface area contributed by atoms with Crippen LogP contribution in [0.15, 0.2) is 18.3 Å². The molecule has 0 saturated heterocycles. The van der Waals surface area contributed by atoms with Crippen LogP contribution in [0.25, 0.3) is 0 Å². The summed E-state index contributed by atoms with van der Waals surface area (Å²) in [6.07, 6.45) is 5.38. The Bertz CT molecular complexity index is 280. The molecule has 0 spiro atoms. The molecule has 1 aromatic heterocycles. The fraction of sp³-hybridized carbons (Fsp3) is 0.615. The molecule has 0 aliphatic heterocycles. The number of nitrogens with one attached hydrogen (secondary N) is 1. The van der Waals surface area contributed by atoms with Crippen molar-refractivity contribution in [1.29, 1.82) is 0 Å². The van der Waals surface area contributed by atoms with Gasteiger partial charge in [0.1, 0.15) is 5.15 Å². The number of halogens is 1. The van der Waals surface area contributed by atoms with Gasteiger partial charge in [-0.3, -0.25) is 0 Å². The molecule has 2 nitrogen and oxygen atoms in total. The Morgan fingerprint density at radius 1 is 1.31 bits per heavy atom. The molecule has 0 radical (unpaired) electrons. The first-order chi connectivity index (χ1) is 7.76. The standard InChI is InChI=1S/C13H21ClN2/c1-3-11(4-2)9-15-8-7-12-5-6-13(14)16-10-12/h5-6,10-11,15H,3-4,7-9H2,1-2H3. The lowest BCUT2D eigenvalue weighted by atomic mass is 10.0. The van der Waals surface area contributed by atoms with Crippen LogP contribution in [0, 0.1) is 5.92 Å². The van der Waals surface area contributed by atoms with Gasteiger partial charge in [-0.05, 0) is 37.1 Å². The minimum atomic E-state index is 0.564. The fourth-order valence-corrected chi connectivity index (χ4v) is 1.78. The molecule has 1 heterocycles. The van der Waals surface area contributed by atoms with Crippen molar-refractivity contribution in [2.24, 2.45) is 5.92 Å². The second-order valence-corrected chi connectivity index (χ2v) is 4.51. The van der Waals surface area contributed by atoms with Crippen molar-refractivity contribution in [3.8, 4) is 0 Å². The molecule has 1 rings (SSSR count). The first-order valence-corrected chi connectivity index (χ1v) is 6.45. The molecule has 0 atom stereocenters. The topological polar surface area (TPSA) is 24.9 Å². The number of aromatic nitrogens is 1. The molecule has 1 N–H and O–H groups in total. The van der Waals surface area contributed by atoms with Crippen LogP contribution in [-0.4, -0.2) is 18.1 Å². The molecule has 1 aromatic rings. The Labute approximate surface area is 103 Å². The quantitative estimate of drug-likeness (QED) is 0.584. The van der Waals surface area contributed by atoms with Crippen molar-refractivity contribution in [1.82, 2.24) is 10.3 Å². The van der Waals surface area contributed by atoms with Crippen molar-refractivity contribution < 1.29 is 0 Å². The van der Waals surface area contributed by atoms with E-state index >= 15 is 0 Å². The van der Waals surface area contributed by atoms with E-state index in [1.165, 1.54) is 18.4 Å². The second kappa shape index (κ2) is 7.64. The second-order valence-electron chi connectivity index (χ2n) is 4.13. The SMILES string of the molecule is CCC(CC)CNCCc1ccc(Cl)nc1. The number of pyridine rings is 1. The summed E-state index contributed by atoms with van der Waals surface area (Å²) in [5, 5.41) is 4.05. The van der Waals surface area contributed by atoms with Gasteiger partial charge in [0.15, 0.2) is 0 Å².